The van der Waals surface area contributed by atoms with Crippen molar-refractivity contribution in [3.8, 4) is 0 Å². The average molecular weight is 204 g/mol. The van der Waals surface area contributed by atoms with E-state index in [-0.39, 0.29) is 6.03 Å². The number of carbonyl (C=O) groups excluding carboxylic acids is 1. The highest BCUT2D eigenvalue weighted by molar-refractivity contribution is 5.83. The summed E-state index contributed by atoms with van der Waals surface area (Å²) in [6.07, 6.45) is 1.88. The second-order valence-corrected chi connectivity index (χ2v) is 3.19. The van der Waals surface area contributed by atoms with Crippen LogP contribution in [0.2, 0.25) is 0 Å². The van der Waals surface area contributed by atoms with Crippen molar-refractivity contribution >= 4 is 16.9 Å². The fraction of sp³-hybridized carbons (Fsp3) is 0.100. The molecule has 5 N–H and O–H groups in total. The van der Waals surface area contributed by atoms with Crippen molar-refractivity contribution in [2.24, 2.45) is 5.84 Å². The SMILES string of the molecule is NNC(=O)NCc1c[nH]c2ccccc12. The number of aromatic nitrogens is 1. The van der Waals surface area contributed by atoms with Gasteiger partial charge in [-0.25, -0.2) is 10.6 Å². The molecule has 1 heterocycles. The third-order valence-corrected chi connectivity index (χ3v) is 2.25. The summed E-state index contributed by atoms with van der Waals surface area (Å²) in [5, 5.41) is 3.74. The van der Waals surface area contributed by atoms with Crippen molar-refractivity contribution in [1.82, 2.24) is 15.7 Å². The van der Waals surface area contributed by atoms with Crippen LogP contribution in [0, 0.1) is 0 Å². The number of aromatic amines is 1. The Morgan fingerprint density at radius 2 is 2.20 bits per heavy atom. The van der Waals surface area contributed by atoms with E-state index in [4.69, 9.17) is 5.84 Å². The number of benzene rings is 1. The maximum atomic E-state index is 10.9. The number of nitrogens with one attached hydrogen (secondary N) is 3. The van der Waals surface area contributed by atoms with Gasteiger partial charge in [0.15, 0.2) is 0 Å². The summed E-state index contributed by atoms with van der Waals surface area (Å²) < 4.78 is 0. The lowest BCUT2D eigenvalue weighted by Crippen LogP contribution is -2.39. The van der Waals surface area contributed by atoms with Crippen LogP contribution in [-0.2, 0) is 6.54 Å². The third kappa shape index (κ3) is 1.92. The molecule has 0 atom stereocenters. The zero-order valence-electron chi connectivity index (χ0n) is 8.08. The van der Waals surface area contributed by atoms with Gasteiger partial charge in [0, 0.05) is 23.6 Å². The predicted octanol–water partition coefficient (Wildman–Crippen LogP) is 0.841. The maximum absolute atomic E-state index is 10.9. The first-order valence-corrected chi connectivity index (χ1v) is 4.60. The molecule has 0 saturated carbocycles. The van der Waals surface area contributed by atoms with Gasteiger partial charge in [0.1, 0.15) is 0 Å². The molecule has 0 aliphatic carbocycles. The predicted molar refractivity (Wildman–Crippen MR) is 57.9 cm³/mol. The molecule has 5 heteroatoms. The zero-order valence-corrected chi connectivity index (χ0v) is 8.08. The van der Waals surface area contributed by atoms with Crippen LogP contribution in [0.1, 0.15) is 5.56 Å². The van der Waals surface area contributed by atoms with Crippen molar-refractivity contribution in [3.05, 3.63) is 36.0 Å². The molecule has 0 aliphatic heterocycles. The Morgan fingerprint density at radius 3 is 3.00 bits per heavy atom. The Morgan fingerprint density at radius 1 is 1.40 bits per heavy atom. The summed E-state index contributed by atoms with van der Waals surface area (Å²) in [5.74, 6) is 4.95. The van der Waals surface area contributed by atoms with Crippen molar-refractivity contribution in [1.29, 1.82) is 0 Å². The van der Waals surface area contributed by atoms with Crippen LogP contribution in [0.5, 0.6) is 0 Å². The number of hydrogen-bond acceptors (Lipinski definition) is 2. The number of fused-ring (bicyclic) bond motifs is 1. The van der Waals surface area contributed by atoms with E-state index in [2.05, 4.69) is 10.3 Å². The molecule has 2 rings (SSSR count). The van der Waals surface area contributed by atoms with Crippen LogP contribution in [0.25, 0.3) is 10.9 Å². The number of hydrogen-bond donors (Lipinski definition) is 4. The standard InChI is InChI=1S/C10H12N4O/c11-14-10(15)13-6-7-5-12-9-4-2-1-3-8(7)9/h1-5,12H,6,11H2,(H2,13,14,15). The largest absolute Gasteiger partial charge is 0.361 e. The van der Waals surface area contributed by atoms with E-state index < -0.39 is 0 Å². The summed E-state index contributed by atoms with van der Waals surface area (Å²) in [6.45, 7) is 0.451. The molecule has 0 fully saturated rings. The molecular weight excluding hydrogens is 192 g/mol. The zero-order chi connectivity index (χ0) is 10.7. The average Bonchev–Trinajstić information content (AvgIpc) is 2.69. The molecule has 0 unspecified atom stereocenters. The minimum Gasteiger partial charge on any atom is -0.361 e. The summed E-state index contributed by atoms with van der Waals surface area (Å²) in [4.78, 5) is 14.0. The summed E-state index contributed by atoms with van der Waals surface area (Å²) in [5.41, 5.74) is 4.11. The van der Waals surface area contributed by atoms with Gasteiger partial charge < -0.3 is 10.3 Å². The van der Waals surface area contributed by atoms with Gasteiger partial charge >= 0.3 is 6.03 Å². The van der Waals surface area contributed by atoms with Gasteiger partial charge in [0.25, 0.3) is 0 Å². The van der Waals surface area contributed by atoms with E-state index in [1.54, 1.807) is 0 Å². The van der Waals surface area contributed by atoms with E-state index in [1.165, 1.54) is 0 Å². The smallest absolute Gasteiger partial charge is 0.329 e. The summed E-state index contributed by atoms with van der Waals surface area (Å²) >= 11 is 0. The molecule has 1 aromatic heterocycles. The van der Waals surface area contributed by atoms with Crippen LogP contribution >= 0.6 is 0 Å². The van der Waals surface area contributed by atoms with Gasteiger partial charge in [-0.05, 0) is 11.6 Å². The molecule has 0 spiro atoms. The molecule has 2 aromatic rings. The van der Waals surface area contributed by atoms with Crippen molar-refractivity contribution in [3.63, 3.8) is 0 Å². The molecule has 0 bridgehead atoms. The van der Waals surface area contributed by atoms with Crippen LogP contribution in [0.15, 0.2) is 30.5 Å². The lowest BCUT2D eigenvalue weighted by atomic mass is 10.2. The number of carbonyl (C=O) groups is 1. The van der Waals surface area contributed by atoms with Crippen molar-refractivity contribution in [2.75, 3.05) is 0 Å². The quantitative estimate of drug-likeness (QED) is 0.332. The van der Waals surface area contributed by atoms with Gasteiger partial charge in [-0.15, -0.1) is 0 Å². The lowest BCUT2D eigenvalue weighted by molar-refractivity contribution is 0.241. The molecule has 1 aromatic carbocycles. The molecule has 5 nitrogen and oxygen atoms in total. The highest BCUT2D eigenvalue weighted by Crippen LogP contribution is 2.16. The first-order chi connectivity index (χ1) is 7.31. The topological polar surface area (TPSA) is 82.9 Å². The number of H-pyrrole nitrogens is 1. The van der Waals surface area contributed by atoms with Gasteiger partial charge in [0.2, 0.25) is 0 Å². The second kappa shape index (κ2) is 4.02. The molecule has 15 heavy (non-hydrogen) atoms. The Balaban J connectivity index is 2.18. The van der Waals surface area contributed by atoms with E-state index in [9.17, 15) is 4.79 Å². The Labute approximate surface area is 86.6 Å². The number of hydrazine groups is 1. The fourth-order valence-electron chi connectivity index (χ4n) is 1.50. The molecule has 2 amide bonds. The highest BCUT2D eigenvalue weighted by Gasteiger charge is 2.03. The number of amides is 2. The van der Waals surface area contributed by atoms with Gasteiger partial charge in [-0.3, -0.25) is 5.43 Å². The van der Waals surface area contributed by atoms with Crippen molar-refractivity contribution in [2.45, 2.75) is 6.54 Å². The minimum absolute atomic E-state index is 0.389. The monoisotopic (exact) mass is 204 g/mol. The van der Waals surface area contributed by atoms with Crippen LogP contribution < -0.4 is 16.6 Å². The number of urea groups is 1. The lowest BCUT2D eigenvalue weighted by Gasteiger charge is -2.02. The van der Waals surface area contributed by atoms with E-state index in [0.717, 1.165) is 16.5 Å². The fourth-order valence-corrected chi connectivity index (χ4v) is 1.50. The Kier molecular flexibility index (Phi) is 2.55. The first kappa shape index (κ1) is 9.54. The van der Waals surface area contributed by atoms with Crippen molar-refractivity contribution < 1.29 is 4.79 Å². The molecular formula is C10H12N4O. The van der Waals surface area contributed by atoms with Crippen LogP contribution in [0.3, 0.4) is 0 Å². The maximum Gasteiger partial charge on any atom is 0.329 e. The molecule has 78 valence electrons. The third-order valence-electron chi connectivity index (χ3n) is 2.25. The van der Waals surface area contributed by atoms with E-state index in [0.29, 0.717) is 6.54 Å². The number of rotatable bonds is 2. The van der Waals surface area contributed by atoms with E-state index >= 15 is 0 Å². The second-order valence-electron chi connectivity index (χ2n) is 3.19. The normalized spacial score (nSPS) is 10.2. The summed E-state index contributed by atoms with van der Waals surface area (Å²) in [6, 6.07) is 7.52. The van der Waals surface area contributed by atoms with Gasteiger partial charge in [-0.2, -0.15) is 0 Å². The van der Waals surface area contributed by atoms with Gasteiger partial charge in [-0.1, -0.05) is 18.2 Å². The van der Waals surface area contributed by atoms with Gasteiger partial charge in [0.05, 0.1) is 0 Å². The molecule has 0 radical (unpaired) electrons. The Hall–Kier alpha value is -2.01. The van der Waals surface area contributed by atoms with Crippen LogP contribution in [0.4, 0.5) is 4.79 Å². The first-order valence-electron chi connectivity index (χ1n) is 4.60. The molecule has 0 aliphatic rings. The van der Waals surface area contributed by atoms with E-state index in [1.807, 2.05) is 35.9 Å². The highest BCUT2D eigenvalue weighted by atomic mass is 16.2. The molecule has 0 saturated heterocycles. The number of nitrogens with two attached hydrogens (primary N) is 1. The Bertz CT molecular complexity index is 477. The number of para-hydroxylation sites is 1. The summed E-state index contributed by atoms with van der Waals surface area (Å²) in [7, 11) is 0. The van der Waals surface area contributed by atoms with Crippen LogP contribution in [-0.4, -0.2) is 11.0 Å². The minimum atomic E-state index is -0.389.